The van der Waals surface area contributed by atoms with E-state index in [0.717, 1.165) is 47.4 Å². The van der Waals surface area contributed by atoms with Gasteiger partial charge in [-0.1, -0.05) is 36.4 Å². The van der Waals surface area contributed by atoms with Crippen molar-refractivity contribution in [3.63, 3.8) is 0 Å². The summed E-state index contributed by atoms with van der Waals surface area (Å²) in [5.41, 5.74) is 6.58. The molecule has 0 fully saturated rings. The fourth-order valence-electron chi connectivity index (χ4n) is 4.10. The zero-order chi connectivity index (χ0) is 21.4. The lowest BCUT2D eigenvalue weighted by Gasteiger charge is -2.18. The number of nitrogens with zero attached hydrogens (tertiary/aromatic N) is 5. The number of hydrogen-bond acceptors (Lipinski definition) is 3. The first kappa shape index (κ1) is 19.2. The van der Waals surface area contributed by atoms with Crippen LogP contribution in [0, 0.1) is 17.2 Å². The third-order valence-electron chi connectivity index (χ3n) is 5.77. The summed E-state index contributed by atoms with van der Waals surface area (Å²) in [6.07, 6.45) is 9.30. The highest BCUT2D eigenvalue weighted by Gasteiger charge is 2.18. The van der Waals surface area contributed by atoms with Gasteiger partial charge in [0.25, 0.3) is 0 Å². The van der Waals surface area contributed by atoms with Gasteiger partial charge >= 0.3 is 6.55 Å². The van der Waals surface area contributed by atoms with Crippen LogP contribution in [0.15, 0.2) is 67.1 Å². The first-order valence-corrected chi connectivity index (χ1v) is 10.1. The molecular formula is C24H19F2N5. The number of rotatable bonds is 4. The number of aromatic nitrogens is 4. The molecule has 0 amide bonds. The van der Waals surface area contributed by atoms with Gasteiger partial charge in [-0.05, 0) is 42.5 Å². The van der Waals surface area contributed by atoms with E-state index in [0.29, 0.717) is 10.2 Å². The van der Waals surface area contributed by atoms with Crippen LogP contribution in [-0.4, -0.2) is 19.2 Å². The third-order valence-corrected chi connectivity index (χ3v) is 5.77. The van der Waals surface area contributed by atoms with Gasteiger partial charge in [-0.25, -0.2) is 9.67 Å². The minimum Gasteiger partial charge on any atom is -0.293 e. The molecule has 0 aliphatic heterocycles. The smallest absolute Gasteiger partial charge is 0.293 e. The molecule has 0 bridgehead atoms. The van der Waals surface area contributed by atoms with Crippen molar-refractivity contribution in [3.8, 4) is 28.5 Å². The summed E-state index contributed by atoms with van der Waals surface area (Å²) in [6.45, 7) is -2.65. The highest BCUT2D eigenvalue weighted by Crippen LogP contribution is 2.33. The molecule has 1 aromatic carbocycles. The lowest BCUT2D eigenvalue weighted by molar-refractivity contribution is 0.0566. The average molecular weight is 415 g/mol. The minimum absolute atomic E-state index is 0.0900. The molecule has 3 heterocycles. The fraction of sp³-hybridized carbons (Fsp3) is 0.208. The van der Waals surface area contributed by atoms with Crippen LogP contribution in [0.3, 0.4) is 0 Å². The summed E-state index contributed by atoms with van der Waals surface area (Å²) in [5, 5.41) is 12.9. The Labute approximate surface area is 177 Å². The number of benzene rings is 1. The van der Waals surface area contributed by atoms with Crippen molar-refractivity contribution in [2.24, 2.45) is 5.92 Å². The molecule has 7 heteroatoms. The fourth-order valence-corrected chi connectivity index (χ4v) is 4.10. The largest absolute Gasteiger partial charge is 0.333 e. The van der Waals surface area contributed by atoms with Gasteiger partial charge in [0.1, 0.15) is 5.65 Å². The minimum atomic E-state index is -2.65. The molecule has 154 valence electrons. The predicted molar refractivity (Wildman–Crippen MR) is 114 cm³/mol. The number of alkyl halides is 2. The van der Waals surface area contributed by atoms with Crippen molar-refractivity contribution in [1.29, 1.82) is 5.26 Å². The van der Waals surface area contributed by atoms with Gasteiger partial charge in [0.05, 0.1) is 35.8 Å². The van der Waals surface area contributed by atoms with Crippen LogP contribution >= 0.6 is 0 Å². The molecule has 0 spiro atoms. The zero-order valence-corrected chi connectivity index (χ0v) is 16.6. The monoisotopic (exact) mass is 415 g/mol. The molecule has 1 atom stereocenters. The first-order chi connectivity index (χ1) is 15.1. The van der Waals surface area contributed by atoms with Crippen molar-refractivity contribution in [3.05, 3.63) is 72.8 Å². The summed E-state index contributed by atoms with van der Waals surface area (Å²) in [7, 11) is 0. The Kier molecular flexibility index (Phi) is 4.83. The van der Waals surface area contributed by atoms with Crippen molar-refractivity contribution < 1.29 is 8.78 Å². The Bertz CT molecular complexity index is 1310. The highest BCUT2D eigenvalue weighted by atomic mass is 19.3. The molecule has 31 heavy (non-hydrogen) atoms. The van der Waals surface area contributed by atoms with Crippen LogP contribution in [-0.2, 0) is 0 Å². The van der Waals surface area contributed by atoms with Crippen LogP contribution in [0.2, 0.25) is 0 Å². The number of fused-ring (bicyclic) bond motifs is 1. The molecule has 0 saturated carbocycles. The van der Waals surface area contributed by atoms with E-state index in [9.17, 15) is 14.0 Å². The van der Waals surface area contributed by atoms with E-state index < -0.39 is 6.55 Å². The van der Waals surface area contributed by atoms with Crippen molar-refractivity contribution in [2.75, 3.05) is 0 Å². The molecule has 5 rings (SSSR count). The Morgan fingerprint density at radius 1 is 1.00 bits per heavy atom. The van der Waals surface area contributed by atoms with Gasteiger partial charge in [0, 0.05) is 17.3 Å². The summed E-state index contributed by atoms with van der Waals surface area (Å²) in [6, 6.07) is 16.2. The van der Waals surface area contributed by atoms with Gasteiger partial charge in [-0.2, -0.15) is 19.1 Å². The Morgan fingerprint density at radius 3 is 2.48 bits per heavy atom. The maximum atomic E-state index is 12.8. The lowest BCUT2D eigenvalue weighted by Crippen LogP contribution is -2.06. The topological polar surface area (TPSA) is 58.9 Å². The number of nitriles is 1. The average Bonchev–Trinajstić information content (AvgIpc) is 3.47. The molecule has 0 radical (unpaired) electrons. The molecule has 4 aromatic rings. The summed E-state index contributed by atoms with van der Waals surface area (Å²) in [5.74, 6) is 0.0900. The quantitative estimate of drug-likeness (QED) is 0.413. The normalized spacial score (nSPS) is 16.5. The van der Waals surface area contributed by atoms with E-state index in [4.69, 9.17) is 0 Å². The summed E-state index contributed by atoms with van der Waals surface area (Å²) < 4.78 is 28.4. The predicted octanol–water partition coefficient (Wildman–Crippen LogP) is 5.97. The third kappa shape index (κ3) is 3.50. The van der Waals surface area contributed by atoms with Crippen LogP contribution in [0.1, 0.15) is 31.5 Å². The number of halogens is 2. The Morgan fingerprint density at radius 2 is 1.81 bits per heavy atom. The molecule has 1 aliphatic rings. The standard InChI is InChI=1S/C24H19F2N5/c25-24(26)30-15-20(13-29-30)17-8-10-19(11-9-17)22-14-28-23-3-1-2-21(31(22)23)18-6-4-16(12-27)5-7-18/h1-3,6,8-11,13-16,24H,4-5,7H2. The molecule has 0 N–H and O–H groups in total. The molecule has 3 aromatic heterocycles. The van der Waals surface area contributed by atoms with Crippen LogP contribution in [0.4, 0.5) is 8.78 Å². The van der Waals surface area contributed by atoms with Gasteiger partial charge in [-0.15, -0.1) is 0 Å². The van der Waals surface area contributed by atoms with E-state index in [1.54, 1.807) is 0 Å². The van der Waals surface area contributed by atoms with E-state index in [1.807, 2.05) is 42.6 Å². The number of pyridine rings is 1. The molecule has 1 unspecified atom stereocenters. The highest BCUT2D eigenvalue weighted by molar-refractivity contribution is 5.73. The van der Waals surface area contributed by atoms with Crippen LogP contribution in [0.5, 0.6) is 0 Å². The maximum Gasteiger partial charge on any atom is 0.333 e. The van der Waals surface area contributed by atoms with Gasteiger partial charge in [-0.3, -0.25) is 4.40 Å². The van der Waals surface area contributed by atoms with Crippen LogP contribution < -0.4 is 0 Å². The second-order valence-corrected chi connectivity index (χ2v) is 7.64. The van der Waals surface area contributed by atoms with Gasteiger partial charge in [0.2, 0.25) is 0 Å². The first-order valence-electron chi connectivity index (χ1n) is 10.1. The summed E-state index contributed by atoms with van der Waals surface area (Å²) >= 11 is 0. The second-order valence-electron chi connectivity index (χ2n) is 7.64. The van der Waals surface area contributed by atoms with Crippen molar-refractivity contribution >= 4 is 11.2 Å². The number of hydrogen-bond donors (Lipinski definition) is 0. The number of allylic oxidation sites excluding steroid dienone is 2. The zero-order valence-electron chi connectivity index (χ0n) is 16.6. The molecule has 0 saturated heterocycles. The maximum absolute atomic E-state index is 12.8. The lowest BCUT2D eigenvalue weighted by atomic mass is 9.89. The second kappa shape index (κ2) is 7.80. The Balaban J connectivity index is 1.52. The Hall–Kier alpha value is -3.79. The molecular weight excluding hydrogens is 396 g/mol. The van der Waals surface area contributed by atoms with Crippen LogP contribution in [0.25, 0.3) is 33.6 Å². The summed E-state index contributed by atoms with van der Waals surface area (Å²) in [4.78, 5) is 4.57. The van der Waals surface area contributed by atoms with E-state index >= 15 is 0 Å². The van der Waals surface area contributed by atoms with E-state index in [1.165, 1.54) is 18.0 Å². The molecule has 1 aliphatic carbocycles. The van der Waals surface area contributed by atoms with Gasteiger partial charge in [0.15, 0.2) is 0 Å². The SMILES string of the molecule is N#CC1CC=C(c2cccc3ncc(-c4ccc(-c5cnn(C(F)F)c5)cc4)n23)CC1. The van der Waals surface area contributed by atoms with Crippen molar-refractivity contribution in [2.45, 2.75) is 25.8 Å². The van der Waals surface area contributed by atoms with E-state index in [2.05, 4.69) is 32.7 Å². The molecule has 5 nitrogen and oxygen atoms in total. The van der Waals surface area contributed by atoms with Gasteiger partial charge < -0.3 is 0 Å². The van der Waals surface area contributed by atoms with E-state index in [-0.39, 0.29) is 5.92 Å². The van der Waals surface area contributed by atoms with Crippen molar-refractivity contribution in [1.82, 2.24) is 19.2 Å². The number of imidazole rings is 1.